The van der Waals surface area contributed by atoms with Crippen molar-refractivity contribution in [3.8, 4) is 0 Å². The minimum Gasteiger partial charge on any atom is -0.379 e. The molecule has 2 heterocycles. The molecule has 0 saturated carbocycles. The maximum absolute atomic E-state index is 13.4. The molecular formula is C21H31FN6O2. The van der Waals surface area contributed by atoms with E-state index in [2.05, 4.69) is 30.7 Å². The molecule has 1 aromatic carbocycles. The first-order chi connectivity index (χ1) is 14.4. The second kappa shape index (κ2) is 9.99. The van der Waals surface area contributed by atoms with Gasteiger partial charge in [0.1, 0.15) is 5.82 Å². The number of morpholine rings is 1. The van der Waals surface area contributed by atoms with E-state index in [0.29, 0.717) is 44.0 Å². The normalized spacial score (nSPS) is 17.0. The Labute approximate surface area is 176 Å². The van der Waals surface area contributed by atoms with Crippen LogP contribution in [0.3, 0.4) is 0 Å². The summed E-state index contributed by atoms with van der Waals surface area (Å²) in [6.07, 6.45) is 0. The third kappa shape index (κ3) is 5.99. The van der Waals surface area contributed by atoms with Crippen LogP contribution in [-0.4, -0.2) is 60.9 Å². The van der Waals surface area contributed by atoms with Crippen molar-refractivity contribution in [2.75, 3.05) is 39.9 Å². The zero-order chi connectivity index (χ0) is 21.6. The largest absolute Gasteiger partial charge is 0.379 e. The van der Waals surface area contributed by atoms with Gasteiger partial charge in [-0.05, 0) is 17.7 Å². The molecule has 1 fully saturated rings. The van der Waals surface area contributed by atoms with E-state index in [1.165, 1.54) is 12.1 Å². The second-order valence-corrected chi connectivity index (χ2v) is 8.29. The minimum atomic E-state index is -0.236. The number of benzene rings is 1. The van der Waals surface area contributed by atoms with Gasteiger partial charge < -0.3 is 19.9 Å². The van der Waals surface area contributed by atoms with E-state index in [1.54, 1.807) is 7.05 Å². The lowest BCUT2D eigenvalue weighted by Crippen LogP contribution is -2.46. The zero-order valence-electron chi connectivity index (χ0n) is 18.1. The fraction of sp³-hybridized carbons (Fsp3) is 0.571. The number of hydrogen-bond acceptors (Lipinski definition) is 6. The molecule has 8 nitrogen and oxygen atoms in total. The molecule has 0 aliphatic carbocycles. The summed E-state index contributed by atoms with van der Waals surface area (Å²) >= 11 is 0. The summed E-state index contributed by atoms with van der Waals surface area (Å²) < 4.78 is 24.2. The van der Waals surface area contributed by atoms with Crippen molar-refractivity contribution in [3.63, 3.8) is 0 Å². The Hall–Kier alpha value is -2.52. The summed E-state index contributed by atoms with van der Waals surface area (Å²) in [5.74, 6) is 1.58. The third-order valence-electron chi connectivity index (χ3n) is 4.95. The Bertz CT molecular complexity index is 825. The Balaban J connectivity index is 1.61. The van der Waals surface area contributed by atoms with Gasteiger partial charge in [0.15, 0.2) is 11.8 Å². The van der Waals surface area contributed by atoms with Crippen LogP contribution in [0, 0.1) is 5.82 Å². The van der Waals surface area contributed by atoms with Crippen LogP contribution in [0.2, 0.25) is 0 Å². The molecule has 2 N–H and O–H groups in total. The van der Waals surface area contributed by atoms with E-state index in [4.69, 9.17) is 9.26 Å². The summed E-state index contributed by atoms with van der Waals surface area (Å²) in [5, 5.41) is 10.6. The number of nitrogens with zero attached hydrogens (tertiary/aromatic N) is 4. The van der Waals surface area contributed by atoms with Crippen molar-refractivity contribution in [3.05, 3.63) is 47.4 Å². The molecule has 30 heavy (non-hydrogen) atoms. The molecule has 1 atom stereocenters. The monoisotopic (exact) mass is 418 g/mol. The van der Waals surface area contributed by atoms with Crippen LogP contribution in [0.4, 0.5) is 4.39 Å². The Kier molecular flexibility index (Phi) is 7.38. The van der Waals surface area contributed by atoms with Crippen molar-refractivity contribution in [1.29, 1.82) is 0 Å². The molecule has 1 aromatic heterocycles. The molecule has 0 amide bonds. The van der Waals surface area contributed by atoms with E-state index in [1.807, 2.05) is 32.9 Å². The number of nitrogens with one attached hydrogen (secondary N) is 2. The van der Waals surface area contributed by atoms with Crippen molar-refractivity contribution in [1.82, 2.24) is 25.7 Å². The molecule has 2 aromatic rings. The highest BCUT2D eigenvalue weighted by molar-refractivity contribution is 5.79. The molecule has 3 rings (SSSR count). The number of aliphatic imine (C=N–C) groups is 1. The smallest absolute Gasteiger partial charge is 0.232 e. The van der Waals surface area contributed by atoms with Gasteiger partial charge in [-0.25, -0.2) is 4.39 Å². The van der Waals surface area contributed by atoms with Crippen molar-refractivity contribution in [2.24, 2.45) is 4.99 Å². The van der Waals surface area contributed by atoms with E-state index >= 15 is 0 Å². The summed E-state index contributed by atoms with van der Waals surface area (Å²) in [7, 11) is 1.72. The van der Waals surface area contributed by atoms with Crippen LogP contribution in [0.1, 0.15) is 44.1 Å². The first kappa shape index (κ1) is 22.2. The van der Waals surface area contributed by atoms with Crippen molar-refractivity contribution < 1.29 is 13.7 Å². The van der Waals surface area contributed by atoms with Gasteiger partial charge in [0.2, 0.25) is 5.89 Å². The molecule has 164 valence electrons. The standard InChI is InChI=1S/C21H31FN6O2/c1-21(2,3)19-26-18(27-30-19)14-25-20(23-4)24-13-17(28-9-11-29-12-10-28)15-5-7-16(22)8-6-15/h5-8,17H,9-14H2,1-4H3,(H2,23,24,25). The second-order valence-electron chi connectivity index (χ2n) is 8.29. The Morgan fingerprint density at radius 2 is 1.90 bits per heavy atom. The average molecular weight is 419 g/mol. The SMILES string of the molecule is CN=C(NCc1noc(C(C)(C)C)n1)NCC(c1ccc(F)cc1)N1CCOCC1. The van der Waals surface area contributed by atoms with Crippen LogP contribution in [0.5, 0.6) is 0 Å². The molecule has 0 bridgehead atoms. The van der Waals surface area contributed by atoms with E-state index < -0.39 is 0 Å². The van der Waals surface area contributed by atoms with Crippen LogP contribution in [-0.2, 0) is 16.7 Å². The maximum Gasteiger partial charge on any atom is 0.232 e. The van der Waals surface area contributed by atoms with Crippen LogP contribution in [0.15, 0.2) is 33.8 Å². The fourth-order valence-electron chi connectivity index (χ4n) is 3.24. The topological polar surface area (TPSA) is 87.8 Å². The first-order valence-electron chi connectivity index (χ1n) is 10.2. The predicted octanol–water partition coefficient (Wildman–Crippen LogP) is 2.24. The number of aromatic nitrogens is 2. The van der Waals surface area contributed by atoms with Crippen molar-refractivity contribution in [2.45, 2.75) is 38.8 Å². The number of halogens is 1. The lowest BCUT2D eigenvalue weighted by atomic mass is 9.97. The van der Waals surface area contributed by atoms with Gasteiger partial charge in [-0.15, -0.1) is 0 Å². The van der Waals surface area contributed by atoms with Gasteiger partial charge in [-0.2, -0.15) is 4.98 Å². The van der Waals surface area contributed by atoms with Crippen LogP contribution < -0.4 is 10.6 Å². The summed E-state index contributed by atoms with van der Waals surface area (Å²) in [6.45, 7) is 10.1. The number of ether oxygens (including phenoxy) is 1. The first-order valence-corrected chi connectivity index (χ1v) is 10.2. The highest BCUT2D eigenvalue weighted by Crippen LogP contribution is 2.22. The molecule has 1 aliphatic rings. The number of rotatable bonds is 6. The third-order valence-corrected chi connectivity index (χ3v) is 4.95. The quantitative estimate of drug-likeness (QED) is 0.549. The van der Waals surface area contributed by atoms with Gasteiger partial charge >= 0.3 is 0 Å². The molecule has 1 unspecified atom stereocenters. The lowest BCUT2D eigenvalue weighted by molar-refractivity contribution is 0.0170. The fourth-order valence-corrected chi connectivity index (χ4v) is 3.24. The Morgan fingerprint density at radius 1 is 1.20 bits per heavy atom. The molecular weight excluding hydrogens is 387 g/mol. The maximum atomic E-state index is 13.4. The average Bonchev–Trinajstić information content (AvgIpc) is 3.22. The molecule has 0 radical (unpaired) electrons. The summed E-state index contributed by atoms with van der Waals surface area (Å²) in [6, 6.07) is 6.74. The molecule has 1 saturated heterocycles. The number of guanidine groups is 1. The van der Waals surface area contributed by atoms with E-state index in [-0.39, 0.29) is 17.3 Å². The zero-order valence-corrected chi connectivity index (χ0v) is 18.1. The molecule has 1 aliphatic heterocycles. The summed E-state index contributed by atoms with van der Waals surface area (Å²) in [5.41, 5.74) is 0.861. The number of hydrogen-bond donors (Lipinski definition) is 2. The van der Waals surface area contributed by atoms with Gasteiger partial charge in [0, 0.05) is 32.1 Å². The molecule has 0 spiro atoms. The highest BCUT2D eigenvalue weighted by atomic mass is 19.1. The predicted molar refractivity (Wildman–Crippen MR) is 113 cm³/mol. The van der Waals surface area contributed by atoms with Crippen LogP contribution in [0.25, 0.3) is 0 Å². The van der Waals surface area contributed by atoms with Gasteiger partial charge in [-0.1, -0.05) is 38.1 Å². The van der Waals surface area contributed by atoms with Gasteiger partial charge in [0.05, 0.1) is 25.8 Å². The molecule has 9 heteroatoms. The minimum absolute atomic E-state index is 0.0747. The van der Waals surface area contributed by atoms with E-state index in [9.17, 15) is 4.39 Å². The van der Waals surface area contributed by atoms with Crippen LogP contribution >= 0.6 is 0 Å². The van der Waals surface area contributed by atoms with Gasteiger partial charge in [0.25, 0.3) is 0 Å². The summed E-state index contributed by atoms with van der Waals surface area (Å²) in [4.78, 5) is 11.1. The lowest BCUT2D eigenvalue weighted by Gasteiger charge is -2.35. The van der Waals surface area contributed by atoms with E-state index in [0.717, 1.165) is 18.7 Å². The van der Waals surface area contributed by atoms with Crippen molar-refractivity contribution >= 4 is 5.96 Å². The highest BCUT2D eigenvalue weighted by Gasteiger charge is 2.24. The Morgan fingerprint density at radius 3 is 2.50 bits per heavy atom. The van der Waals surface area contributed by atoms with Gasteiger partial charge in [-0.3, -0.25) is 9.89 Å².